The molecule has 90 valence electrons. The molecule has 0 amide bonds. The second-order valence-corrected chi connectivity index (χ2v) is 3.86. The van der Waals surface area contributed by atoms with Gasteiger partial charge in [0.25, 0.3) is 5.69 Å². The molecular formula is C14H12N2O2. The van der Waals surface area contributed by atoms with Crippen LogP contribution < -0.4 is 0 Å². The molecule has 1 heterocycles. The van der Waals surface area contributed by atoms with Gasteiger partial charge in [0.2, 0.25) is 0 Å². The van der Waals surface area contributed by atoms with E-state index in [2.05, 4.69) is 4.98 Å². The Bertz CT molecular complexity index is 592. The van der Waals surface area contributed by atoms with Gasteiger partial charge >= 0.3 is 0 Å². The van der Waals surface area contributed by atoms with E-state index in [0.717, 1.165) is 11.3 Å². The number of hydrogen-bond acceptors (Lipinski definition) is 3. The van der Waals surface area contributed by atoms with E-state index in [1.165, 1.54) is 6.07 Å². The van der Waals surface area contributed by atoms with E-state index in [1.54, 1.807) is 24.4 Å². The lowest BCUT2D eigenvalue weighted by atomic mass is 10.0. The molecule has 0 saturated carbocycles. The fourth-order valence-electron chi connectivity index (χ4n) is 1.73. The summed E-state index contributed by atoms with van der Waals surface area (Å²) in [6.07, 6.45) is 3.53. The number of nitro benzene ring substituents is 1. The summed E-state index contributed by atoms with van der Waals surface area (Å²) in [6, 6.07) is 12.3. The van der Waals surface area contributed by atoms with Gasteiger partial charge in [0, 0.05) is 12.3 Å². The fraction of sp³-hybridized carbons (Fsp3) is 0.0714. The Morgan fingerprint density at radius 3 is 2.61 bits per heavy atom. The molecule has 0 aliphatic carbocycles. The van der Waals surface area contributed by atoms with Crippen LogP contribution in [0.3, 0.4) is 0 Å². The number of nitro groups is 1. The SMILES string of the molecule is C/C(=C\c1ccccn1)c1ccccc1[N+](=O)[O-]. The maximum absolute atomic E-state index is 10.9. The van der Waals surface area contributed by atoms with Gasteiger partial charge in [0.1, 0.15) is 0 Å². The first-order chi connectivity index (χ1) is 8.68. The van der Waals surface area contributed by atoms with E-state index in [4.69, 9.17) is 0 Å². The van der Waals surface area contributed by atoms with E-state index in [1.807, 2.05) is 31.2 Å². The van der Waals surface area contributed by atoms with E-state index in [9.17, 15) is 10.1 Å². The highest BCUT2D eigenvalue weighted by atomic mass is 16.6. The van der Waals surface area contributed by atoms with E-state index in [0.29, 0.717) is 5.56 Å². The number of hydrogen-bond donors (Lipinski definition) is 0. The lowest BCUT2D eigenvalue weighted by Gasteiger charge is -2.02. The van der Waals surface area contributed by atoms with Crippen molar-refractivity contribution in [2.24, 2.45) is 0 Å². The molecule has 18 heavy (non-hydrogen) atoms. The van der Waals surface area contributed by atoms with Crippen LogP contribution in [0.2, 0.25) is 0 Å². The third-order valence-electron chi connectivity index (χ3n) is 2.58. The van der Waals surface area contributed by atoms with Gasteiger partial charge in [-0.25, -0.2) is 0 Å². The van der Waals surface area contributed by atoms with Crippen LogP contribution in [-0.4, -0.2) is 9.91 Å². The molecule has 0 spiro atoms. The second kappa shape index (κ2) is 5.23. The first-order valence-corrected chi connectivity index (χ1v) is 5.51. The van der Waals surface area contributed by atoms with Crippen LogP contribution in [0.15, 0.2) is 48.7 Å². The van der Waals surface area contributed by atoms with Gasteiger partial charge in [-0.15, -0.1) is 0 Å². The molecule has 0 bridgehead atoms. The lowest BCUT2D eigenvalue weighted by molar-refractivity contribution is -0.385. The number of aromatic nitrogens is 1. The molecule has 4 nitrogen and oxygen atoms in total. The zero-order valence-electron chi connectivity index (χ0n) is 9.91. The molecular weight excluding hydrogens is 228 g/mol. The molecule has 2 aromatic rings. The van der Waals surface area contributed by atoms with Crippen molar-refractivity contribution in [1.82, 2.24) is 4.98 Å². The summed E-state index contributed by atoms with van der Waals surface area (Å²) >= 11 is 0. The molecule has 0 saturated heterocycles. The Labute approximate surface area is 105 Å². The van der Waals surface area contributed by atoms with Crippen LogP contribution in [0.25, 0.3) is 11.6 Å². The van der Waals surface area contributed by atoms with E-state index < -0.39 is 0 Å². The molecule has 1 aromatic carbocycles. The fourth-order valence-corrected chi connectivity index (χ4v) is 1.73. The number of nitrogens with zero attached hydrogens (tertiary/aromatic N) is 2. The number of pyridine rings is 1. The Balaban J connectivity index is 2.43. The normalized spacial score (nSPS) is 11.3. The van der Waals surface area contributed by atoms with Gasteiger partial charge < -0.3 is 0 Å². The molecule has 0 unspecified atom stereocenters. The lowest BCUT2D eigenvalue weighted by Crippen LogP contribution is -1.93. The van der Waals surface area contributed by atoms with Gasteiger partial charge in [0.15, 0.2) is 0 Å². The highest BCUT2D eigenvalue weighted by Gasteiger charge is 2.13. The molecule has 0 aliphatic rings. The minimum atomic E-state index is -0.370. The maximum atomic E-state index is 10.9. The number of rotatable bonds is 3. The van der Waals surface area contributed by atoms with Crippen molar-refractivity contribution in [3.8, 4) is 0 Å². The zero-order valence-corrected chi connectivity index (χ0v) is 9.91. The number of allylic oxidation sites excluding steroid dienone is 1. The minimum absolute atomic E-state index is 0.113. The molecule has 0 N–H and O–H groups in total. The molecule has 0 atom stereocenters. The first-order valence-electron chi connectivity index (χ1n) is 5.51. The van der Waals surface area contributed by atoms with Crippen LogP contribution in [-0.2, 0) is 0 Å². The zero-order chi connectivity index (χ0) is 13.0. The topological polar surface area (TPSA) is 56.0 Å². The summed E-state index contributed by atoms with van der Waals surface area (Å²) in [5.41, 5.74) is 2.34. The third-order valence-corrected chi connectivity index (χ3v) is 2.58. The highest BCUT2D eigenvalue weighted by molar-refractivity contribution is 5.83. The molecule has 0 fully saturated rings. The van der Waals surface area contributed by atoms with Gasteiger partial charge in [-0.05, 0) is 36.8 Å². The summed E-state index contributed by atoms with van der Waals surface area (Å²) in [7, 11) is 0. The van der Waals surface area contributed by atoms with Crippen molar-refractivity contribution in [3.05, 3.63) is 70.0 Å². The Hall–Kier alpha value is -2.49. The summed E-state index contributed by atoms with van der Waals surface area (Å²) in [6.45, 7) is 1.84. The quantitative estimate of drug-likeness (QED) is 0.609. The van der Waals surface area contributed by atoms with Gasteiger partial charge in [-0.2, -0.15) is 0 Å². The van der Waals surface area contributed by atoms with Crippen LogP contribution in [0.1, 0.15) is 18.2 Å². The first kappa shape index (κ1) is 12.0. The van der Waals surface area contributed by atoms with Gasteiger partial charge in [-0.3, -0.25) is 15.1 Å². The van der Waals surface area contributed by atoms with Crippen LogP contribution in [0, 0.1) is 10.1 Å². The molecule has 0 radical (unpaired) electrons. The predicted octanol–water partition coefficient (Wildman–Crippen LogP) is 3.55. The number of benzene rings is 1. The smallest absolute Gasteiger partial charge is 0.258 e. The summed E-state index contributed by atoms with van der Waals surface area (Å²) in [5, 5.41) is 10.9. The average Bonchev–Trinajstić information content (AvgIpc) is 2.40. The third kappa shape index (κ3) is 2.60. The predicted molar refractivity (Wildman–Crippen MR) is 70.9 cm³/mol. The Morgan fingerprint density at radius 1 is 1.22 bits per heavy atom. The minimum Gasteiger partial charge on any atom is -0.258 e. The summed E-state index contributed by atoms with van der Waals surface area (Å²) in [4.78, 5) is 14.7. The highest BCUT2D eigenvalue weighted by Crippen LogP contribution is 2.26. The van der Waals surface area contributed by atoms with Crippen molar-refractivity contribution >= 4 is 17.3 Å². The summed E-state index contributed by atoms with van der Waals surface area (Å²) < 4.78 is 0. The van der Waals surface area contributed by atoms with Crippen molar-refractivity contribution < 1.29 is 4.92 Å². The standard InChI is InChI=1S/C14H12N2O2/c1-11(10-12-6-4-5-9-15-12)13-7-2-3-8-14(13)16(17)18/h2-10H,1H3/b11-10+. The van der Waals surface area contributed by atoms with Crippen LogP contribution >= 0.6 is 0 Å². The molecule has 2 rings (SSSR count). The van der Waals surface area contributed by atoms with Crippen molar-refractivity contribution in [2.45, 2.75) is 6.92 Å². The van der Waals surface area contributed by atoms with Crippen molar-refractivity contribution in [2.75, 3.05) is 0 Å². The Kier molecular flexibility index (Phi) is 3.48. The molecule has 4 heteroatoms. The molecule has 0 aliphatic heterocycles. The monoisotopic (exact) mass is 240 g/mol. The summed E-state index contributed by atoms with van der Waals surface area (Å²) in [5.74, 6) is 0. The van der Waals surface area contributed by atoms with Crippen molar-refractivity contribution in [1.29, 1.82) is 0 Å². The van der Waals surface area contributed by atoms with Crippen LogP contribution in [0.5, 0.6) is 0 Å². The molecule has 1 aromatic heterocycles. The largest absolute Gasteiger partial charge is 0.276 e. The number of para-hydroxylation sites is 1. The van der Waals surface area contributed by atoms with Crippen LogP contribution in [0.4, 0.5) is 5.69 Å². The maximum Gasteiger partial charge on any atom is 0.276 e. The Morgan fingerprint density at radius 2 is 1.94 bits per heavy atom. The van der Waals surface area contributed by atoms with Gasteiger partial charge in [0.05, 0.1) is 16.2 Å². The average molecular weight is 240 g/mol. The van der Waals surface area contributed by atoms with Crippen molar-refractivity contribution in [3.63, 3.8) is 0 Å². The second-order valence-electron chi connectivity index (χ2n) is 3.86. The van der Waals surface area contributed by atoms with Gasteiger partial charge in [-0.1, -0.05) is 18.2 Å². The van der Waals surface area contributed by atoms with E-state index in [-0.39, 0.29) is 10.6 Å². The van der Waals surface area contributed by atoms with E-state index >= 15 is 0 Å².